The van der Waals surface area contributed by atoms with Crippen molar-refractivity contribution in [2.75, 3.05) is 6.54 Å². The maximum atomic E-state index is 5.97. The lowest BCUT2D eigenvalue weighted by atomic mass is 9.95. The van der Waals surface area contributed by atoms with Crippen molar-refractivity contribution >= 4 is 0 Å². The lowest BCUT2D eigenvalue weighted by Gasteiger charge is -2.12. The summed E-state index contributed by atoms with van der Waals surface area (Å²) in [6.07, 6.45) is 2.68. The largest absolute Gasteiger partial charge is 0.455 e. The Morgan fingerprint density at radius 3 is 3.06 bits per heavy atom. The third-order valence-electron chi connectivity index (χ3n) is 3.37. The van der Waals surface area contributed by atoms with Gasteiger partial charge < -0.3 is 10.5 Å². The van der Waals surface area contributed by atoms with Crippen molar-refractivity contribution in [3.05, 3.63) is 53.3 Å². The van der Waals surface area contributed by atoms with Crippen molar-refractivity contribution in [2.24, 2.45) is 5.73 Å². The molecule has 3 heteroatoms. The second-order valence-electron chi connectivity index (χ2n) is 4.74. The highest BCUT2D eigenvalue weighted by molar-refractivity contribution is 5.45. The van der Waals surface area contributed by atoms with Gasteiger partial charge in [-0.25, -0.2) is 0 Å². The summed E-state index contributed by atoms with van der Waals surface area (Å²) in [5.41, 5.74) is 9.31. The van der Waals surface area contributed by atoms with Gasteiger partial charge in [0.2, 0.25) is 0 Å². The van der Waals surface area contributed by atoms with Crippen LogP contribution in [-0.4, -0.2) is 11.5 Å². The van der Waals surface area contributed by atoms with E-state index < -0.39 is 0 Å². The van der Waals surface area contributed by atoms with Crippen LogP contribution in [0.5, 0.6) is 11.5 Å². The third kappa shape index (κ3) is 1.87. The van der Waals surface area contributed by atoms with E-state index in [-0.39, 0.29) is 5.92 Å². The van der Waals surface area contributed by atoms with E-state index in [1.165, 1.54) is 11.1 Å². The van der Waals surface area contributed by atoms with Gasteiger partial charge in [-0.05, 0) is 37.1 Å². The van der Waals surface area contributed by atoms with Crippen LogP contribution in [0, 0.1) is 6.92 Å². The molecule has 1 atom stereocenters. The molecule has 92 valence electrons. The van der Waals surface area contributed by atoms with Crippen LogP contribution in [0.15, 0.2) is 36.5 Å². The van der Waals surface area contributed by atoms with Crippen molar-refractivity contribution in [1.82, 2.24) is 4.98 Å². The number of rotatable bonds is 1. The van der Waals surface area contributed by atoms with Gasteiger partial charge in [-0.2, -0.15) is 0 Å². The number of hydrogen-bond donors (Lipinski definition) is 1. The van der Waals surface area contributed by atoms with Gasteiger partial charge in [0, 0.05) is 18.7 Å². The molecule has 18 heavy (non-hydrogen) atoms. The van der Waals surface area contributed by atoms with Crippen LogP contribution in [-0.2, 0) is 6.42 Å². The fourth-order valence-electron chi connectivity index (χ4n) is 2.44. The Balaban J connectivity index is 2.13. The molecule has 3 nitrogen and oxygen atoms in total. The van der Waals surface area contributed by atoms with Crippen LogP contribution in [0.4, 0.5) is 0 Å². The summed E-state index contributed by atoms with van der Waals surface area (Å²) in [4.78, 5) is 4.43. The zero-order chi connectivity index (χ0) is 12.5. The average Bonchev–Trinajstić information content (AvgIpc) is 2.54. The number of aromatic nitrogens is 1. The molecule has 0 radical (unpaired) electrons. The molecule has 2 aromatic rings. The van der Waals surface area contributed by atoms with Crippen LogP contribution in [0.1, 0.15) is 22.7 Å². The fourth-order valence-corrected chi connectivity index (χ4v) is 2.44. The van der Waals surface area contributed by atoms with E-state index in [0.717, 1.165) is 23.6 Å². The molecule has 1 aliphatic rings. The van der Waals surface area contributed by atoms with Crippen molar-refractivity contribution in [3.8, 4) is 11.5 Å². The zero-order valence-corrected chi connectivity index (χ0v) is 10.4. The minimum atomic E-state index is 0.226. The maximum Gasteiger partial charge on any atom is 0.149 e. The van der Waals surface area contributed by atoms with E-state index in [1.807, 2.05) is 18.2 Å². The first-order chi connectivity index (χ1) is 8.78. The number of fused-ring (bicyclic) bond motifs is 2. The van der Waals surface area contributed by atoms with E-state index in [9.17, 15) is 0 Å². The number of aryl methyl sites for hydroxylation is 1. The Hall–Kier alpha value is -1.87. The molecule has 0 amide bonds. The standard InChI is InChI=1S/C15H16N2O/c1-10-4-5-13-11(7-10)8-12(9-16)15-14(18-13)3-2-6-17-15/h2-7,12H,8-9,16H2,1H3. The molecular formula is C15H16N2O. The Morgan fingerprint density at radius 2 is 2.22 bits per heavy atom. The highest BCUT2D eigenvalue weighted by Gasteiger charge is 2.23. The topological polar surface area (TPSA) is 48.1 Å². The van der Waals surface area contributed by atoms with Crippen LogP contribution >= 0.6 is 0 Å². The second-order valence-corrected chi connectivity index (χ2v) is 4.74. The van der Waals surface area contributed by atoms with Gasteiger partial charge in [-0.1, -0.05) is 17.7 Å². The summed E-state index contributed by atoms with van der Waals surface area (Å²) < 4.78 is 5.97. The van der Waals surface area contributed by atoms with Crippen molar-refractivity contribution in [1.29, 1.82) is 0 Å². The van der Waals surface area contributed by atoms with Gasteiger partial charge in [-0.3, -0.25) is 4.98 Å². The van der Waals surface area contributed by atoms with Crippen molar-refractivity contribution < 1.29 is 4.74 Å². The molecule has 1 unspecified atom stereocenters. The van der Waals surface area contributed by atoms with E-state index in [4.69, 9.17) is 10.5 Å². The molecule has 0 bridgehead atoms. The smallest absolute Gasteiger partial charge is 0.149 e. The lowest BCUT2D eigenvalue weighted by Crippen LogP contribution is -2.15. The summed E-state index contributed by atoms with van der Waals surface area (Å²) in [5, 5.41) is 0. The molecule has 1 aliphatic heterocycles. The van der Waals surface area contributed by atoms with E-state index in [1.54, 1.807) is 6.20 Å². The van der Waals surface area contributed by atoms with Gasteiger partial charge in [0.1, 0.15) is 11.5 Å². The first kappa shape index (κ1) is 11.2. The number of hydrogen-bond acceptors (Lipinski definition) is 3. The van der Waals surface area contributed by atoms with E-state index >= 15 is 0 Å². The molecule has 3 rings (SSSR count). The summed E-state index contributed by atoms with van der Waals surface area (Å²) in [5.74, 6) is 1.98. The van der Waals surface area contributed by atoms with Gasteiger partial charge in [-0.15, -0.1) is 0 Å². The van der Waals surface area contributed by atoms with Gasteiger partial charge in [0.15, 0.2) is 0 Å². The molecule has 2 heterocycles. The van der Waals surface area contributed by atoms with Gasteiger partial charge in [0.05, 0.1) is 5.69 Å². The highest BCUT2D eigenvalue weighted by Crippen LogP contribution is 2.37. The summed E-state index contributed by atoms with van der Waals surface area (Å²) in [7, 11) is 0. The fraction of sp³-hybridized carbons (Fsp3) is 0.267. The zero-order valence-electron chi connectivity index (χ0n) is 10.4. The Kier molecular flexibility index (Phi) is 2.76. The molecule has 0 saturated carbocycles. The van der Waals surface area contributed by atoms with Crippen LogP contribution in [0.3, 0.4) is 0 Å². The molecular weight excluding hydrogens is 224 g/mol. The predicted molar refractivity (Wildman–Crippen MR) is 71.0 cm³/mol. The summed E-state index contributed by atoms with van der Waals surface area (Å²) in [6.45, 7) is 2.68. The SMILES string of the molecule is Cc1ccc2c(c1)CC(CN)c1ncccc1O2. The lowest BCUT2D eigenvalue weighted by molar-refractivity contribution is 0.474. The number of benzene rings is 1. The number of nitrogens with two attached hydrogens (primary N) is 1. The first-order valence-electron chi connectivity index (χ1n) is 6.20. The Morgan fingerprint density at radius 1 is 1.33 bits per heavy atom. The molecule has 0 aliphatic carbocycles. The number of ether oxygens (including phenoxy) is 1. The number of nitrogens with zero attached hydrogens (tertiary/aromatic N) is 1. The normalized spacial score (nSPS) is 17.3. The molecule has 0 fully saturated rings. The highest BCUT2D eigenvalue weighted by atomic mass is 16.5. The average molecular weight is 240 g/mol. The Labute approximate surface area is 107 Å². The number of pyridine rings is 1. The minimum absolute atomic E-state index is 0.226. The first-order valence-corrected chi connectivity index (χ1v) is 6.20. The molecule has 1 aromatic heterocycles. The second kappa shape index (κ2) is 4.42. The van der Waals surface area contributed by atoms with Crippen LogP contribution in [0.25, 0.3) is 0 Å². The van der Waals surface area contributed by atoms with Crippen molar-refractivity contribution in [2.45, 2.75) is 19.3 Å². The van der Waals surface area contributed by atoms with E-state index in [0.29, 0.717) is 6.54 Å². The minimum Gasteiger partial charge on any atom is -0.455 e. The van der Waals surface area contributed by atoms with Crippen LogP contribution in [0.2, 0.25) is 0 Å². The molecule has 1 aromatic carbocycles. The Bertz CT molecular complexity index is 580. The van der Waals surface area contributed by atoms with Gasteiger partial charge >= 0.3 is 0 Å². The van der Waals surface area contributed by atoms with Crippen molar-refractivity contribution in [3.63, 3.8) is 0 Å². The molecule has 2 N–H and O–H groups in total. The predicted octanol–water partition coefficient (Wildman–Crippen LogP) is 2.78. The molecule has 0 saturated heterocycles. The van der Waals surface area contributed by atoms with Crippen LogP contribution < -0.4 is 10.5 Å². The van der Waals surface area contributed by atoms with E-state index in [2.05, 4.69) is 24.0 Å². The molecule has 0 spiro atoms. The summed E-state index contributed by atoms with van der Waals surface area (Å²) in [6, 6.07) is 10.1. The third-order valence-corrected chi connectivity index (χ3v) is 3.37. The summed E-state index contributed by atoms with van der Waals surface area (Å²) >= 11 is 0. The quantitative estimate of drug-likeness (QED) is 0.833. The monoisotopic (exact) mass is 240 g/mol. The maximum absolute atomic E-state index is 5.97. The van der Waals surface area contributed by atoms with Gasteiger partial charge in [0.25, 0.3) is 0 Å².